The molecular weight excluding hydrogens is 448 g/mol. The molecule has 0 heterocycles. The highest BCUT2D eigenvalue weighted by molar-refractivity contribution is 7.99. The van der Waals surface area contributed by atoms with E-state index in [9.17, 15) is 10.2 Å². The Morgan fingerprint density at radius 3 is 1.14 bits per heavy atom. The molecule has 0 aromatic heterocycles. The highest BCUT2D eigenvalue weighted by Gasteiger charge is 2.15. The predicted octanol–water partition coefficient (Wildman–Crippen LogP) is 8.83. The zero-order valence-corrected chi connectivity index (χ0v) is 21.9. The quantitative estimate of drug-likeness (QED) is 0.263. The molecule has 0 fully saturated rings. The second-order valence-corrected chi connectivity index (χ2v) is 10.0. The summed E-state index contributed by atoms with van der Waals surface area (Å²) < 4.78 is 0. The Morgan fingerprint density at radius 2 is 0.829 bits per heavy atom. The number of phenolic OH excluding ortho intramolecular Hbond substituents is 2. The molecule has 0 radical (unpaired) electrons. The van der Waals surface area contributed by atoms with E-state index in [0.717, 1.165) is 57.7 Å². The van der Waals surface area contributed by atoms with Gasteiger partial charge in [0.15, 0.2) is 0 Å². The maximum atomic E-state index is 10.4. The number of hydrogen-bond donors (Lipinski definition) is 2. The fraction of sp³-hybridized carbons (Fsp3) is 0.250. The number of hydrogen-bond acceptors (Lipinski definition) is 3. The van der Waals surface area contributed by atoms with Crippen LogP contribution in [-0.2, 0) is 25.7 Å². The maximum Gasteiger partial charge on any atom is 0.116 e. The largest absolute Gasteiger partial charge is 0.508 e. The Balaban J connectivity index is 1.84. The molecule has 0 saturated carbocycles. The van der Waals surface area contributed by atoms with Crippen molar-refractivity contribution in [2.75, 3.05) is 0 Å². The smallest absolute Gasteiger partial charge is 0.116 e. The lowest BCUT2D eigenvalue weighted by Crippen LogP contribution is -1.92. The van der Waals surface area contributed by atoms with Crippen LogP contribution in [0.1, 0.15) is 49.9 Å². The molecule has 2 nitrogen and oxygen atoms in total. The summed E-state index contributed by atoms with van der Waals surface area (Å²) in [5.41, 5.74) is 9.49. The molecule has 35 heavy (non-hydrogen) atoms. The van der Waals surface area contributed by atoms with Crippen LogP contribution in [0.15, 0.2) is 82.6 Å². The highest BCUT2D eigenvalue weighted by Crippen LogP contribution is 2.43. The van der Waals surface area contributed by atoms with Crippen LogP contribution in [0.5, 0.6) is 11.5 Å². The van der Waals surface area contributed by atoms with Crippen molar-refractivity contribution >= 4 is 11.8 Å². The number of aryl methyl sites for hydroxylation is 4. The molecule has 0 aliphatic heterocycles. The third-order valence-corrected chi connectivity index (χ3v) is 7.66. The molecule has 0 aliphatic carbocycles. The number of phenols is 2. The van der Waals surface area contributed by atoms with Gasteiger partial charge < -0.3 is 10.2 Å². The van der Waals surface area contributed by atoms with Crippen LogP contribution in [0.25, 0.3) is 22.3 Å². The molecule has 0 unspecified atom stereocenters. The van der Waals surface area contributed by atoms with Gasteiger partial charge in [-0.15, -0.1) is 0 Å². The van der Waals surface area contributed by atoms with Crippen LogP contribution in [-0.4, -0.2) is 10.2 Å². The zero-order valence-electron chi connectivity index (χ0n) is 21.1. The Morgan fingerprint density at radius 1 is 0.486 bits per heavy atom. The van der Waals surface area contributed by atoms with Crippen LogP contribution in [0, 0.1) is 0 Å². The van der Waals surface area contributed by atoms with E-state index in [4.69, 9.17) is 0 Å². The van der Waals surface area contributed by atoms with E-state index in [-0.39, 0.29) is 11.5 Å². The first-order valence-corrected chi connectivity index (χ1v) is 13.4. The van der Waals surface area contributed by atoms with Gasteiger partial charge in [-0.25, -0.2) is 0 Å². The van der Waals surface area contributed by atoms with E-state index in [1.807, 2.05) is 24.3 Å². The van der Waals surface area contributed by atoms with E-state index >= 15 is 0 Å². The van der Waals surface area contributed by atoms with Crippen molar-refractivity contribution in [1.82, 2.24) is 0 Å². The molecule has 3 heteroatoms. The van der Waals surface area contributed by atoms with Gasteiger partial charge >= 0.3 is 0 Å². The normalized spacial score (nSPS) is 11.1. The van der Waals surface area contributed by atoms with Crippen molar-refractivity contribution in [3.05, 3.63) is 95.1 Å². The summed E-state index contributed by atoms with van der Waals surface area (Å²) in [4.78, 5) is 2.15. The molecule has 180 valence electrons. The van der Waals surface area contributed by atoms with Gasteiger partial charge in [-0.3, -0.25) is 0 Å². The summed E-state index contributed by atoms with van der Waals surface area (Å²) in [5, 5.41) is 20.7. The van der Waals surface area contributed by atoms with E-state index in [2.05, 4.69) is 64.1 Å². The molecule has 0 aliphatic rings. The summed E-state index contributed by atoms with van der Waals surface area (Å²) in [6.45, 7) is 8.70. The van der Waals surface area contributed by atoms with E-state index in [0.29, 0.717) is 0 Å². The van der Waals surface area contributed by atoms with Gasteiger partial charge in [0, 0.05) is 9.79 Å². The van der Waals surface area contributed by atoms with Crippen LogP contribution in [0.2, 0.25) is 0 Å². The molecule has 4 aromatic rings. The number of aromatic hydroxyl groups is 2. The molecule has 0 saturated heterocycles. The Labute approximate surface area is 213 Å². The van der Waals surface area contributed by atoms with Gasteiger partial charge in [-0.2, -0.15) is 0 Å². The third kappa shape index (κ3) is 5.74. The SMILES string of the molecule is CCc1cc(CC)cc(-c2cc(O)ccc2Sc2ccc(O)cc2-c2cc(CC)cc(CC)c2)c1. The molecule has 0 bridgehead atoms. The van der Waals surface area contributed by atoms with Crippen LogP contribution < -0.4 is 0 Å². The van der Waals surface area contributed by atoms with Gasteiger partial charge in [0.25, 0.3) is 0 Å². The van der Waals surface area contributed by atoms with Crippen LogP contribution in [0.4, 0.5) is 0 Å². The average molecular weight is 483 g/mol. The maximum absolute atomic E-state index is 10.4. The second kappa shape index (κ2) is 11.0. The summed E-state index contributed by atoms with van der Waals surface area (Å²) in [5.74, 6) is 0.525. The summed E-state index contributed by atoms with van der Waals surface area (Å²) in [6, 6.07) is 24.7. The second-order valence-electron chi connectivity index (χ2n) is 8.95. The van der Waals surface area contributed by atoms with Crippen molar-refractivity contribution in [1.29, 1.82) is 0 Å². The fourth-order valence-corrected chi connectivity index (χ4v) is 5.52. The fourth-order valence-electron chi connectivity index (χ4n) is 4.44. The summed E-state index contributed by atoms with van der Waals surface area (Å²) in [6.07, 6.45) is 3.88. The third-order valence-electron chi connectivity index (χ3n) is 6.51. The van der Waals surface area contributed by atoms with Gasteiger partial charge in [-0.05, 0) is 107 Å². The lowest BCUT2D eigenvalue weighted by Gasteiger charge is -2.16. The number of benzene rings is 4. The van der Waals surface area contributed by atoms with Gasteiger partial charge in [0.1, 0.15) is 11.5 Å². The van der Waals surface area contributed by atoms with E-state index in [1.54, 1.807) is 23.9 Å². The van der Waals surface area contributed by atoms with Crippen molar-refractivity contribution in [3.63, 3.8) is 0 Å². The molecule has 4 rings (SSSR count). The Bertz CT molecular complexity index is 1190. The predicted molar refractivity (Wildman–Crippen MR) is 149 cm³/mol. The Kier molecular flexibility index (Phi) is 7.87. The highest BCUT2D eigenvalue weighted by atomic mass is 32.2. The van der Waals surface area contributed by atoms with Crippen molar-refractivity contribution in [2.24, 2.45) is 0 Å². The van der Waals surface area contributed by atoms with Gasteiger partial charge in [-0.1, -0.05) is 75.9 Å². The molecule has 0 amide bonds. The molecule has 0 atom stereocenters. The van der Waals surface area contributed by atoms with Crippen LogP contribution >= 0.6 is 11.8 Å². The lowest BCUT2D eigenvalue weighted by molar-refractivity contribution is 0.474. The monoisotopic (exact) mass is 482 g/mol. The summed E-state index contributed by atoms with van der Waals surface area (Å²) >= 11 is 1.68. The number of rotatable bonds is 8. The van der Waals surface area contributed by atoms with E-state index < -0.39 is 0 Å². The minimum atomic E-state index is 0.262. The molecule has 4 aromatic carbocycles. The standard InChI is InChI=1S/C32H34O2S/c1-5-21-13-22(6-2)16-25(15-21)29-19-27(33)9-11-31(29)35-32-12-10-28(34)20-30(32)26-17-23(7-3)14-24(8-4)18-26/h9-20,33-34H,5-8H2,1-4H3. The van der Waals surface area contributed by atoms with Gasteiger partial charge in [0.05, 0.1) is 0 Å². The average Bonchev–Trinajstić information content (AvgIpc) is 2.89. The molecule has 0 spiro atoms. The minimum absolute atomic E-state index is 0.262. The first-order chi connectivity index (χ1) is 16.9. The first-order valence-electron chi connectivity index (χ1n) is 12.5. The van der Waals surface area contributed by atoms with Crippen molar-refractivity contribution < 1.29 is 10.2 Å². The van der Waals surface area contributed by atoms with E-state index in [1.165, 1.54) is 22.3 Å². The zero-order chi connectivity index (χ0) is 24.9. The minimum Gasteiger partial charge on any atom is -0.508 e. The summed E-state index contributed by atoms with van der Waals surface area (Å²) in [7, 11) is 0. The van der Waals surface area contributed by atoms with Gasteiger partial charge in [0.2, 0.25) is 0 Å². The van der Waals surface area contributed by atoms with Crippen molar-refractivity contribution in [2.45, 2.75) is 63.2 Å². The Hall–Kier alpha value is -3.17. The molecule has 2 N–H and O–H groups in total. The topological polar surface area (TPSA) is 40.5 Å². The first kappa shape index (κ1) is 24.9. The molecular formula is C32H34O2S. The lowest BCUT2D eigenvalue weighted by atomic mass is 9.97. The van der Waals surface area contributed by atoms with Crippen LogP contribution in [0.3, 0.4) is 0 Å². The van der Waals surface area contributed by atoms with Crippen molar-refractivity contribution in [3.8, 4) is 33.8 Å².